The van der Waals surface area contributed by atoms with Gasteiger partial charge in [0.05, 0.1) is 10.7 Å². The maximum absolute atomic E-state index is 11.9. The number of aliphatic imine (C=N–C) groups is 1. The minimum absolute atomic E-state index is 0.00327. The Morgan fingerprint density at radius 1 is 1.38 bits per heavy atom. The third kappa shape index (κ3) is 7.59. The van der Waals surface area contributed by atoms with E-state index in [1.54, 1.807) is 30.3 Å². The van der Waals surface area contributed by atoms with Crippen LogP contribution in [0.4, 0.5) is 0 Å². The van der Waals surface area contributed by atoms with Crippen LogP contribution in [-0.2, 0) is 16.6 Å². The van der Waals surface area contributed by atoms with Crippen molar-refractivity contribution in [2.45, 2.75) is 58.4 Å². The average Bonchev–Trinajstić information content (AvgIpc) is 3.31. The SMILES string of the molecule is CCN1CCCC1CNC(=NCC(=O)N(C)C)NCCc1csc(C(C)(C)C)n1. The van der Waals surface area contributed by atoms with Crippen LogP contribution in [0, 0.1) is 0 Å². The van der Waals surface area contributed by atoms with Crippen LogP contribution in [0.3, 0.4) is 0 Å². The predicted octanol–water partition coefficient (Wildman–Crippen LogP) is 2.09. The van der Waals surface area contributed by atoms with Crippen molar-refractivity contribution in [3.8, 4) is 0 Å². The molecule has 0 spiro atoms. The van der Waals surface area contributed by atoms with Crippen molar-refractivity contribution in [3.63, 3.8) is 0 Å². The lowest BCUT2D eigenvalue weighted by molar-refractivity contribution is -0.127. The molecule has 1 aromatic rings. The number of carbonyl (C=O) groups excluding carboxylic acids is 1. The normalized spacial score (nSPS) is 18.1. The van der Waals surface area contributed by atoms with E-state index in [-0.39, 0.29) is 17.9 Å². The summed E-state index contributed by atoms with van der Waals surface area (Å²) in [6.07, 6.45) is 3.29. The van der Waals surface area contributed by atoms with E-state index in [9.17, 15) is 4.79 Å². The van der Waals surface area contributed by atoms with E-state index in [2.05, 4.69) is 53.6 Å². The highest BCUT2D eigenvalue weighted by molar-refractivity contribution is 7.09. The molecule has 0 aromatic carbocycles. The van der Waals surface area contributed by atoms with Crippen LogP contribution in [0.1, 0.15) is 51.2 Å². The monoisotopic (exact) mass is 422 g/mol. The Morgan fingerprint density at radius 3 is 2.76 bits per heavy atom. The molecule has 164 valence electrons. The molecular formula is C21H38N6OS. The van der Waals surface area contributed by atoms with Crippen LogP contribution in [-0.4, -0.2) is 79.5 Å². The number of nitrogens with zero attached hydrogens (tertiary/aromatic N) is 4. The molecule has 0 radical (unpaired) electrons. The first-order valence-electron chi connectivity index (χ1n) is 10.6. The van der Waals surface area contributed by atoms with Crippen molar-refractivity contribution in [2.24, 2.45) is 4.99 Å². The Morgan fingerprint density at radius 2 is 2.14 bits per heavy atom. The fourth-order valence-electron chi connectivity index (χ4n) is 3.29. The third-order valence-electron chi connectivity index (χ3n) is 5.15. The third-order valence-corrected chi connectivity index (χ3v) is 6.47. The van der Waals surface area contributed by atoms with Crippen LogP contribution in [0.15, 0.2) is 10.4 Å². The van der Waals surface area contributed by atoms with E-state index in [1.807, 2.05) is 0 Å². The van der Waals surface area contributed by atoms with E-state index in [0.717, 1.165) is 36.8 Å². The summed E-state index contributed by atoms with van der Waals surface area (Å²) in [5, 5.41) is 10.1. The molecule has 1 fully saturated rings. The lowest BCUT2D eigenvalue weighted by atomic mass is 9.98. The van der Waals surface area contributed by atoms with Gasteiger partial charge in [-0.2, -0.15) is 0 Å². The molecule has 29 heavy (non-hydrogen) atoms. The smallest absolute Gasteiger partial charge is 0.243 e. The number of carbonyl (C=O) groups is 1. The Bertz CT molecular complexity index is 679. The summed E-state index contributed by atoms with van der Waals surface area (Å²) in [5.41, 5.74) is 1.19. The lowest BCUT2D eigenvalue weighted by Crippen LogP contribution is -2.45. The molecule has 1 aromatic heterocycles. The van der Waals surface area contributed by atoms with Crippen molar-refractivity contribution in [3.05, 3.63) is 16.1 Å². The first-order valence-corrected chi connectivity index (χ1v) is 11.5. The zero-order valence-corrected chi connectivity index (χ0v) is 19.7. The van der Waals surface area contributed by atoms with Crippen molar-refractivity contribution < 1.29 is 4.79 Å². The van der Waals surface area contributed by atoms with Gasteiger partial charge < -0.3 is 15.5 Å². The van der Waals surface area contributed by atoms with Crippen LogP contribution in [0.25, 0.3) is 0 Å². The molecule has 8 heteroatoms. The van der Waals surface area contributed by atoms with Crippen LogP contribution in [0.5, 0.6) is 0 Å². The number of thiazole rings is 1. The summed E-state index contributed by atoms with van der Waals surface area (Å²) >= 11 is 1.72. The molecule has 2 N–H and O–H groups in total. The summed E-state index contributed by atoms with van der Waals surface area (Å²) in [6, 6.07) is 0.532. The fraction of sp³-hybridized carbons (Fsp3) is 0.762. The molecule has 1 aliphatic rings. The van der Waals surface area contributed by atoms with E-state index >= 15 is 0 Å². The summed E-state index contributed by atoms with van der Waals surface area (Å²) in [4.78, 5) is 25.3. The van der Waals surface area contributed by atoms with Crippen LogP contribution >= 0.6 is 11.3 Å². The number of guanidine groups is 1. The molecule has 7 nitrogen and oxygen atoms in total. The predicted molar refractivity (Wildman–Crippen MR) is 122 cm³/mol. The van der Waals surface area contributed by atoms with Crippen molar-refractivity contribution >= 4 is 23.2 Å². The first kappa shape index (κ1) is 23.6. The molecule has 0 saturated carbocycles. The van der Waals surface area contributed by atoms with Gasteiger partial charge in [-0.25, -0.2) is 9.98 Å². The quantitative estimate of drug-likeness (QED) is 0.496. The summed E-state index contributed by atoms with van der Waals surface area (Å²) in [7, 11) is 3.51. The molecule has 1 saturated heterocycles. The minimum atomic E-state index is -0.00327. The van der Waals surface area contributed by atoms with E-state index in [1.165, 1.54) is 19.4 Å². The largest absolute Gasteiger partial charge is 0.356 e. The molecule has 2 heterocycles. The Labute approximate surface area is 180 Å². The first-order chi connectivity index (χ1) is 13.7. The molecule has 2 rings (SSSR count). The summed E-state index contributed by atoms with van der Waals surface area (Å²) in [6.45, 7) is 12.7. The van der Waals surface area contributed by atoms with Gasteiger partial charge in [0.15, 0.2) is 5.96 Å². The lowest BCUT2D eigenvalue weighted by Gasteiger charge is -2.24. The molecular weight excluding hydrogens is 384 g/mol. The van der Waals surface area contributed by atoms with Crippen molar-refractivity contribution in [1.29, 1.82) is 0 Å². The number of hydrogen-bond donors (Lipinski definition) is 2. The second-order valence-electron chi connectivity index (χ2n) is 8.83. The topological polar surface area (TPSA) is 72.9 Å². The molecule has 1 aliphatic heterocycles. The highest BCUT2D eigenvalue weighted by Gasteiger charge is 2.23. The van der Waals surface area contributed by atoms with Crippen molar-refractivity contribution in [2.75, 3.05) is 46.8 Å². The molecule has 1 amide bonds. The maximum atomic E-state index is 11.9. The molecule has 0 aliphatic carbocycles. The average molecular weight is 423 g/mol. The molecule has 1 unspecified atom stereocenters. The number of rotatable bonds is 8. The molecule has 0 bridgehead atoms. The second kappa shape index (κ2) is 10.9. The highest BCUT2D eigenvalue weighted by Crippen LogP contribution is 2.25. The van der Waals surface area contributed by atoms with Gasteiger partial charge >= 0.3 is 0 Å². The van der Waals surface area contributed by atoms with Gasteiger partial charge in [-0.05, 0) is 25.9 Å². The summed E-state index contributed by atoms with van der Waals surface area (Å²) in [5.74, 6) is 0.700. The van der Waals surface area contributed by atoms with Crippen LogP contribution in [0.2, 0.25) is 0 Å². The zero-order chi connectivity index (χ0) is 21.4. The molecule has 1 atom stereocenters. The second-order valence-corrected chi connectivity index (χ2v) is 9.69. The van der Waals surface area contributed by atoms with Gasteiger partial charge in [0.2, 0.25) is 5.91 Å². The standard InChI is InChI=1S/C21H38N6OS/c1-7-27-12-8-9-17(27)13-23-20(24-14-18(28)26(5)6)22-11-10-16-15-29-19(25-16)21(2,3)4/h15,17H,7-14H2,1-6H3,(H2,22,23,24). The maximum Gasteiger partial charge on any atom is 0.243 e. The van der Waals surface area contributed by atoms with Crippen LogP contribution < -0.4 is 10.6 Å². The van der Waals surface area contributed by atoms with Crippen molar-refractivity contribution in [1.82, 2.24) is 25.4 Å². The van der Waals surface area contributed by atoms with E-state index in [0.29, 0.717) is 12.0 Å². The fourth-order valence-corrected chi connectivity index (χ4v) is 4.24. The number of likely N-dealkylation sites (N-methyl/N-ethyl adjacent to an activating group) is 2. The number of nitrogens with one attached hydrogen (secondary N) is 2. The zero-order valence-electron chi connectivity index (χ0n) is 18.9. The van der Waals surface area contributed by atoms with Gasteiger partial charge in [-0.15, -0.1) is 11.3 Å². The van der Waals surface area contributed by atoms with E-state index in [4.69, 9.17) is 4.98 Å². The number of likely N-dealkylation sites (tertiary alicyclic amines) is 1. The van der Waals surface area contributed by atoms with Gasteiger partial charge in [0, 0.05) is 50.4 Å². The number of amides is 1. The Balaban J connectivity index is 1.91. The number of aromatic nitrogens is 1. The van der Waals surface area contributed by atoms with Gasteiger partial charge in [-0.1, -0.05) is 27.7 Å². The number of hydrogen-bond acceptors (Lipinski definition) is 5. The van der Waals surface area contributed by atoms with Gasteiger partial charge in [-0.3, -0.25) is 9.69 Å². The van der Waals surface area contributed by atoms with Gasteiger partial charge in [0.25, 0.3) is 0 Å². The van der Waals surface area contributed by atoms with Gasteiger partial charge in [0.1, 0.15) is 6.54 Å². The minimum Gasteiger partial charge on any atom is -0.356 e. The summed E-state index contributed by atoms with van der Waals surface area (Å²) < 4.78 is 0. The Hall–Kier alpha value is -1.67. The highest BCUT2D eigenvalue weighted by atomic mass is 32.1. The Kier molecular flexibility index (Phi) is 8.89. The van der Waals surface area contributed by atoms with E-state index < -0.39 is 0 Å².